The summed E-state index contributed by atoms with van der Waals surface area (Å²) in [6, 6.07) is 18.6. The number of allylic oxidation sites excluding steroid dienone is 3. The first-order valence-electron chi connectivity index (χ1n) is 10.0. The molecule has 0 atom stereocenters. The van der Waals surface area contributed by atoms with Crippen LogP contribution in [-0.4, -0.2) is 0 Å². The first kappa shape index (κ1) is 20.7. The van der Waals surface area contributed by atoms with Gasteiger partial charge in [-0.2, -0.15) is 0 Å². The Morgan fingerprint density at radius 1 is 0.690 bits per heavy atom. The van der Waals surface area contributed by atoms with Gasteiger partial charge in [0, 0.05) is 11.1 Å². The Bertz CT molecular complexity index is 980. The Hall–Kier alpha value is -3.00. The molecule has 0 heterocycles. The van der Waals surface area contributed by atoms with Crippen LogP contribution >= 0.6 is 0 Å². The van der Waals surface area contributed by atoms with E-state index in [4.69, 9.17) is 0 Å². The Morgan fingerprint density at radius 3 is 1.55 bits per heavy atom. The van der Waals surface area contributed by atoms with Crippen LogP contribution < -0.4 is 0 Å². The average Bonchev–Trinajstić information content (AvgIpc) is 2.75. The predicted octanol–water partition coefficient (Wildman–Crippen LogP) is 7.93. The third-order valence-corrected chi connectivity index (χ3v) is 5.08. The third-order valence-electron chi connectivity index (χ3n) is 5.08. The molecule has 0 N–H and O–H groups in total. The maximum absolute atomic E-state index is 14.8. The van der Waals surface area contributed by atoms with Gasteiger partial charge in [-0.1, -0.05) is 78.9 Å². The summed E-state index contributed by atoms with van der Waals surface area (Å²) >= 11 is 0. The van der Waals surface area contributed by atoms with Crippen molar-refractivity contribution >= 4 is 0 Å². The summed E-state index contributed by atoms with van der Waals surface area (Å²) in [6.45, 7) is 5.72. The summed E-state index contributed by atoms with van der Waals surface area (Å²) < 4.78 is 29.7. The summed E-state index contributed by atoms with van der Waals surface area (Å²) in [6.07, 6.45) is 9.71. The van der Waals surface area contributed by atoms with Crippen molar-refractivity contribution in [2.24, 2.45) is 0 Å². The molecule has 0 aliphatic rings. The molecule has 3 aromatic rings. The topological polar surface area (TPSA) is 0 Å². The van der Waals surface area contributed by atoms with Crippen molar-refractivity contribution in [2.45, 2.75) is 32.6 Å². The van der Waals surface area contributed by atoms with Crippen molar-refractivity contribution in [3.05, 3.63) is 108 Å². The van der Waals surface area contributed by atoms with Crippen LogP contribution in [0.1, 0.15) is 30.9 Å². The molecule has 0 radical (unpaired) electrons. The molecule has 29 heavy (non-hydrogen) atoms. The predicted molar refractivity (Wildman–Crippen MR) is 119 cm³/mol. The summed E-state index contributed by atoms with van der Waals surface area (Å²) in [5.41, 5.74) is 4.26. The van der Waals surface area contributed by atoms with Gasteiger partial charge in [0.15, 0.2) is 11.6 Å². The highest BCUT2D eigenvalue weighted by Crippen LogP contribution is 2.32. The Balaban J connectivity index is 1.83. The zero-order valence-corrected chi connectivity index (χ0v) is 16.8. The number of halogens is 2. The second-order valence-corrected chi connectivity index (χ2v) is 7.12. The van der Waals surface area contributed by atoms with Gasteiger partial charge in [0.05, 0.1) is 0 Å². The van der Waals surface area contributed by atoms with Crippen LogP contribution in [0.5, 0.6) is 0 Å². The highest BCUT2D eigenvalue weighted by atomic mass is 19.2. The van der Waals surface area contributed by atoms with E-state index < -0.39 is 11.6 Å². The maximum atomic E-state index is 14.8. The van der Waals surface area contributed by atoms with Crippen molar-refractivity contribution in [3.63, 3.8) is 0 Å². The molecule has 0 aliphatic heterocycles. The van der Waals surface area contributed by atoms with Crippen LogP contribution in [-0.2, 0) is 12.8 Å². The zero-order valence-electron chi connectivity index (χ0n) is 16.8. The van der Waals surface area contributed by atoms with Gasteiger partial charge in [-0.25, -0.2) is 8.78 Å². The van der Waals surface area contributed by atoms with Crippen LogP contribution in [0.15, 0.2) is 85.5 Å². The first-order chi connectivity index (χ1) is 14.1. The fourth-order valence-corrected chi connectivity index (χ4v) is 3.38. The first-order valence-corrected chi connectivity index (χ1v) is 10.0. The Labute approximate surface area is 172 Å². The van der Waals surface area contributed by atoms with Gasteiger partial charge >= 0.3 is 0 Å². The van der Waals surface area contributed by atoms with Crippen molar-refractivity contribution < 1.29 is 8.78 Å². The lowest BCUT2D eigenvalue weighted by atomic mass is 9.96. The highest BCUT2D eigenvalue weighted by Gasteiger charge is 2.16. The van der Waals surface area contributed by atoms with Crippen LogP contribution in [0, 0.1) is 11.6 Å². The molecule has 3 rings (SSSR count). The maximum Gasteiger partial charge on any atom is 0.167 e. The Kier molecular flexibility index (Phi) is 7.13. The molecule has 0 aliphatic carbocycles. The van der Waals surface area contributed by atoms with E-state index in [0.29, 0.717) is 11.1 Å². The van der Waals surface area contributed by atoms with Crippen molar-refractivity contribution in [1.29, 1.82) is 0 Å². The van der Waals surface area contributed by atoms with Crippen LogP contribution in [0.4, 0.5) is 8.78 Å². The quantitative estimate of drug-likeness (QED) is 0.344. The molecular formula is C27H26F2. The lowest BCUT2D eigenvalue weighted by molar-refractivity contribution is 0.514. The van der Waals surface area contributed by atoms with E-state index in [9.17, 15) is 8.78 Å². The van der Waals surface area contributed by atoms with Gasteiger partial charge in [0.25, 0.3) is 0 Å². The van der Waals surface area contributed by atoms with Crippen LogP contribution in [0.2, 0.25) is 0 Å². The molecule has 0 aromatic heterocycles. The molecule has 0 bridgehead atoms. The average molecular weight is 389 g/mol. The fourth-order valence-electron chi connectivity index (χ4n) is 3.38. The number of aryl methyl sites for hydroxylation is 2. The third kappa shape index (κ3) is 5.08. The van der Waals surface area contributed by atoms with Gasteiger partial charge in [-0.15, -0.1) is 6.58 Å². The molecule has 3 aromatic carbocycles. The van der Waals surface area contributed by atoms with Gasteiger partial charge in [-0.3, -0.25) is 0 Å². The smallest absolute Gasteiger partial charge is 0.167 e. The number of hydrogen-bond acceptors (Lipinski definition) is 0. The second kappa shape index (κ2) is 9.97. The lowest BCUT2D eigenvalue weighted by Crippen LogP contribution is -1.95. The van der Waals surface area contributed by atoms with E-state index in [1.165, 1.54) is 5.56 Å². The van der Waals surface area contributed by atoms with Gasteiger partial charge in [0.1, 0.15) is 0 Å². The van der Waals surface area contributed by atoms with E-state index in [2.05, 4.69) is 12.7 Å². The summed E-state index contributed by atoms with van der Waals surface area (Å²) in [7, 11) is 0. The van der Waals surface area contributed by atoms with E-state index in [-0.39, 0.29) is 11.1 Å². The monoisotopic (exact) mass is 388 g/mol. The minimum absolute atomic E-state index is 0.282. The molecule has 0 saturated carbocycles. The summed E-state index contributed by atoms with van der Waals surface area (Å²) in [5, 5.41) is 0. The normalized spacial score (nSPS) is 11.1. The van der Waals surface area contributed by atoms with Crippen molar-refractivity contribution in [1.82, 2.24) is 0 Å². The van der Waals surface area contributed by atoms with Gasteiger partial charge < -0.3 is 0 Å². The largest absolute Gasteiger partial charge is 0.203 e. The summed E-state index contributed by atoms with van der Waals surface area (Å²) in [4.78, 5) is 0. The number of hydrogen-bond donors (Lipinski definition) is 0. The van der Waals surface area contributed by atoms with Gasteiger partial charge in [0.2, 0.25) is 0 Å². The summed E-state index contributed by atoms with van der Waals surface area (Å²) in [5.74, 6) is -1.61. The van der Waals surface area contributed by atoms with Crippen molar-refractivity contribution in [2.75, 3.05) is 0 Å². The molecular weight excluding hydrogens is 362 g/mol. The zero-order chi connectivity index (χ0) is 20.6. The van der Waals surface area contributed by atoms with Gasteiger partial charge in [-0.05, 0) is 54.9 Å². The number of benzene rings is 3. The molecule has 148 valence electrons. The molecule has 0 spiro atoms. The molecule has 0 unspecified atom stereocenters. The van der Waals surface area contributed by atoms with E-state index in [1.807, 2.05) is 67.6 Å². The standard InChI is InChI=1S/C27H26F2/c1-3-5-7-9-21-12-16-23(17-13-21)25-19-18-24(26(28)27(25)29)22-14-10-20(11-15-22)8-6-4-2/h3-5,10-19H,2,6-9H2,1H3/b5-3+. The Morgan fingerprint density at radius 2 is 1.14 bits per heavy atom. The SMILES string of the molecule is C=CCCc1ccc(-c2ccc(-c3ccc(CC/C=C/C)cc3)c(F)c2F)cc1. The van der Waals surface area contributed by atoms with E-state index in [0.717, 1.165) is 31.2 Å². The van der Waals surface area contributed by atoms with Crippen LogP contribution in [0.25, 0.3) is 22.3 Å². The highest BCUT2D eigenvalue weighted by molar-refractivity contribution is 5.72. The number of rotatable bonds is 8. The minimum atomic E-state index is -0.807. The second-order valence-electron chi connectivity index (χ2n) is 7.12. The van der Waals surface area contributed by atoms with E-state index >= 15 is 0 Å². The van der Waals surface area contributed by atoms with Crippen LogP contribution in [0.3, 0.4) is 0 Å². The lowest BCUT2D eigenvalue weighted by Gasteiger charge is -2.10. The molecule has 2 heteroatoms. The molecule has 0 fully saturated rings. The molecule has 0 saturated heterocycles. The fraction of sp³-hybridized carbons (Fsp3) is 0.185. The molecule has 0 nitrogen and oxygen atoms in total. The van der Waals surface area contributed by atoms with E-state index in [1.54, 1.807) is 12.1 Å². The van der Waals surface area contributed by atoms with Crippen molar-refractivity contribution in [3.8, 4) is 22.3 Å². The molecule has 0 amide bonds. The minimum Gasteiger partial charge on any atom is -0.203 e.